The molecule has 0 saturated carbocycles. The zero-order valence-corrected chi connectivity index (χ0v) is 10.9. The summed E-state index contributed by atoms with van der Waals surface area (Å²) in [6.07, 6.45) is 0.539. The molecule has 2 aromatic rings. The molecule has 1 heterocycles. The number of thiazole rings is 1. The van der Waals surface area contributed by atoms with Crippen molar-refractivity contribution in [3.8, 4) is 0 Å². The molecule has 1 amide bonds. The van der Waals surface area contributed by atoms with Crippen LogP contribution in [0.15, 0.2) is 17.5 Å². The van der Waals surface area contributed by atoms with Gasteiger partial charge in [0.25, 0.3) is 5.91 Å². The van der Waals surface area contributed by atoms with Gasteiger partial charge in [0.1, 0.15) is 5.69 Å². The van der Waals surface area contributed by atoms with E-state index in [2.05, 4.69) is 10.3 Å². The first-order chi connectivity index (χ1) is 9.51. The second-order valence-electron chi connectivity index (χ2n) is 3.87. The molecular formula is C12H10F3N3OS. The fourth-order valence-corrected chi connectivity index (χ4v) is 2.27. The van der Waals surface area contributed by atoms with Crippen LogP contribution in [-0.2, 0) is 6.42 Å². The summed E-state index contributed by atoms with van der Waals surface area (Å²) in [4.78, 5) is 15.8. The minimum Gasteiger partial charge on any atom is -0.330 e. The quantitative estimate of drug-likeness (QED) is 0.852. The lowest BCUT2D eigenvalue weighted by atomic mass is 10.2. The van der Waals surface area contributed by atoms with E-state index in [0.29, 0.717) is 30.1 Å². The van der Waals surface area contributed by atoms with Crippen LogP contribution in [0.5, 0.6) is 0 Å². The average molecular weight is 301 g/mol. The fourth-order valence-electron chi connectivity index (χ4n) is 1.48. The average Bonchev–Trinajstić information content (AvgIpc) is 2.85. The highest BCUT2D eigenvalue weighted by Crippen LogP contribution is 2.18. The molecule has 0 spiro atoms. The van der Waals surface area contributed by atoms with E-state index in [4.69, 9.17) is 5.73 Å². The van der Waals surface area contributed by atoms with Crippen LogP contribution < -0.4 is 11.1 Å². The predicted molar refractivity (Wildman–Crippen MR) is 69.1 cm³/mol. The van der Waals surface area contributed by atoms with E-state index < -0.39 is 23.4 Å². The van der Waals surface area contributed by atoms with Crippen LogP contribution in [0.3, 0.4) is 0 Å². The number of nitrogens with one attached hydrogen (secondary N) is 1. The van der Waals surface area contributed by atoms with E-state index in [9.17, 15) is 18.0 Å². The number of nitrogens with zero attached hydrogens (tertiary/aromatic N) is 1. The first kappa shape index (κ1) is 14.5. The highest BCUT2D eigenvalue weighted by molar-refractivity contribution is 7.09. The molecule has 20 heavy (non-hydrogen) atoms. The van der Waals surface area contributed by atoms with Gasteiger partial charge in [-0.05, 0) is 6.54 Å². The van der Waals surface area contributed by atoms with Crippen molar-refractivity contribution in [3.05, 3.63) is 45.7 Å². The molecule has 106 valence electrons. The van der Waals surface area contributed by atoms with Gasteiger partial charge in [0.05, 0.1) is 5.01 Å². The molecule has 8 heteroatoms. The molecular weight excluding hydrogens is 291 g/mol. The third kappa shape index (κ3) is 3.14. The molecule has 0 aliphatic heterocycles. The van der Waals surface area contributed by atoms with Gasteiger partial charge in [-0.1, -0.05) is 0 Å². The van der Waals surface area contributed by atoms with Gasteiger partial charge in [-0.25, -0.2) is 18.2 Å². The number of nitrogens with two attached hydrogens (primary N) is 1. The Morgan fingerprint density at radius 3 is 2.55 bits per heavy atom. The standard InChI is InChI=1S/C12H10F3N3OS/c13-7-3-6(4-8(14)11(7)15)17-12(19)9-5-20-10(18-9)1-2-16/h3-5H,1-2,16H2,(H,17,19). The van der Waals surface area contributed by atoms with Gasteiger partial charge >= 0.3 is 0 Å². The van der Waals surface area contributed by atoms with Crippen LogP contribution in [-0.4, -0.2) is 17.4 Å². The van der Waals surface area contributed by atoms with Gasteiger partial charge in [0.15, 0.2) is 17.5 Å². The van der Waals surface area contributed by atoms with E-state index >= 15 is 0 Å². The monoisotopic (exact) mass is 301 g/mol. The lowest BCUT2D eigenvalue weighted by molar-refractivity contribution is 0.102. The zero-order valence-electron chi connectivity index (χ0n) is 10.1. The van der Waals surface area contributed by atoms with Crippen LogP contribution >= 0.6 is 11.3 Å². The number of anilines is 1. The predicted octanol–water partition coefficient (Wildman–Crippen LogP) is 2.31. The van der Waals surface area contributed by atoms with Crippen LogP contribution in [0.2, 0.25) is 0 Å². The van der Waals surface area contributed by atoms with Crippen molar-refractivity contribution in [1.82, 2.24) is 4.98 Å². The smallest absolute Gasteiger partial charge is 0.275 e. The van der Waals surface area contributed by atoms with Crippen molar-refractivity contribution in [2.24, 2.45) is 5.73 Å². The Hall–Kier alpha value is -1.93. The number of hydrogen-bond donors (Lipinski definition) is 2. The van der Waals surface area contributed by atoms with E-state index in [-0.39, 0.29) is 11.4 Å². The summed E-state index contributed by atoms with van der Waals surface area (Å²) in [6.45, 7) is 0.406. The van der Waals surface area contributed by atoms with Gasteiger partial charge in [0.2, 0.25) is 0 Å². The molecule has 0 radical (unpaired) electrons. The van der Waals surface area contributed by atoms with Gasteiger partial charge in [-0.15, -0.1) is 11.3 Å². The molecule has 0 saturated heterocycles. The van der Waals surface area contributed by atoms with Crippen LogP contribution in [0.4, 0.5) is 18.9 Å². The Bertz CT molecular complexity index is 622. The number of benzene rings is 1. The molecule has 0 fully saturated rings. The summed E-state index contributed by atoms with van der Waals surface area (Å²) in [6, 6.07) is 1.40. The van der Waals surface area contributed by atoms with Crippen molar-refractivity contribution in [2.75, 3.05) is 11.9 Å². The van der Waals surface area contributed by atoms with E-state index in [1.54, 1.807) is 0 Å². The Balaban J connectivity index is 2.14. The lowest BCUT2D eigenvalue weighted by Gasteiger charge is -2.04. The number of rotatable bonds is 4. The maximum Gasteiger partial charge on any atom is 0.275 e. The molecule has 1 aromatic carbocycles. The molecule has 0 unspecified atom stereocenters. The first-order valence-corrected chi connectivity index (χ1v) is 6.49. The van der Waals surface area contributed by atoms with Gasteiger partial charge in [-0.2, -0.15) is 0 Å². The molecule has 3 N–H and O–H groups in total. The maximum absolute atomic E-state index is 13.0. The molecule has 1 aromatic heterocycles. The SMILES string of the molecule is NCCc1nc(C(=O)Nc2cc(F)c(F)c(F)c2)cs1. The molecule has 0 atom stereocenters. The van der Waals surface area contributed by atoms with Crippen molar-refractivity contribution < 1.29 is 18.0 Å². The van der Waals surface area contributed by atoms with Gasteiger partial charge < -0.3 is 11.1 Å². The number of hydrogen-bond acceptors (Lipinski definition) is 4. The number of carbonyl (C=O) groups excluding carboxylic acids is 1. The summed E-state index contributed by atoms with van der Waals surface area (Å²) in [5.41, 5.74) is 5.30. The van der Waals surface area contributed by atoms with E-state index in [0.717, 1.165) is 0 Å². The Morgan fingerprint density at radius 2 is 1.95 bits per heavy atom. The number of aromatic nitrogens is 1. The molecule has 0 aliphatic rings. The van der Waals surface area contributed by atoms with Crippen LogP contribution in [0.1, 0.15) is 15.5 Å². The van der Waals surface area contributed by atoms with Crippen molar-refractivity contribution in [1.29, 1.82) is 0 Å². The normalized spacial score (nSPS) is 10.6. The minimum atomic E-state index is -1.58. The lowest BCUT2D eigenvalue weighted by Crippen LogP contribution is -2.13. The Morgan fingerprint density at radius 1 is 1.30 bits per heavy atom. The third-order valence-corrected chi connectivity index (χ3v) is 3.29. The number of amides is 1. The molecule has 2 rings (SSSR count). The summed E-state index contributed by atoms with van der Waals surface area (Å²) in [5.74, 6) is -4.96. The second kappa shape index (κ2) is 6.02. The van der Waals surface area contributed by atoms with Gasteiger partial charge in [0, 0.05) is 29.6 Å². The van der Waals surface area contributed by atoms with Crippen molar-refractivity contribution >= 4 is 22.9 Å². The Labute approximate surface area is 116 Å². The van der Waals surface area contributed by atoms with Gasteiger partial charge in [-0.3, -0.25) is 4.79 Å². The van der Waals surface area contributed by atoms with Crippen molar-refractivity contribution in [3.63, 3.8) is 0 Å². The summed E-state index contributed by atoms with van der Waals surface area (Å²) >= 11 is 1.26. The zero-order chi connectivity index (χ0) is 14.7. The highest BCUT2D eigenvalue weighted by atomic mass is 32.1. The highest BCUT2D eigenvalue weighted by Gasteiger charge is 2.14. The van der Waals surface area contributed by atoms with Crippen LogP contribution in [0, 0.1) is 17.5 Å². The first-order valence-electron chi connectivity index (χ1n) is 5.61. The number of halogens is 3. The Kier molecular flexibility index (Phi) is 4.35. The van der Waals surface area contributed by atoms with Crippen molar-refractivity contribution in [2.45, 2.75) is 6.42 Å². The summed E-state index contributed by atoms with van der Waals surface area (Å²) in [5, 5.41) is 4.45. The molecule has 4 nitrogen and oxygen atoms in total. The topological polar surface area (TPSA) is 68.0 Å². The third-order valence-electron chi connectivity index (χ3n) is 2.38. The summed E-state index contributed by atoms with van der Waals surface area (Å²) in [7, 11) is 0. The maximum atomic E-state index is 13.0. The largest absolute Gasteiger partial charge is 0.330 e. The summed E-state index contributed by atoms with van der Waals surface area (Å²) < 4.78 is 38.8. The molecule has 0 aliphatic carbocycles. The second-order valence-corrected chi connectivity index (χ2v) is 4.82. The molecule has 0 bridgehead atoms. The number of carbonyl (C=O) groups is 1. The minimum absolute atomic E-state index is 0.114. The fraction of sp³-hybridized carbons (Fsp3) is 0.167. The van der Waals surface area contributed by atoms with E-state index in [1.807, 2.05) is 0 Å². The van der Waals surface area contributed by atoms with Crippen LogP contribution in [0.25, 0.3) is 0 Å². The van der Waals surface area contributed by atoms with E-state index in [1.165, 1.54) is 16.7 Å².